The smallest absolute Gasteiger partial charge is 0.268 e. The maximum atomic E-state index is 14.2. The van der Waals surface area contributed by atoms with Crippen molar-refractivity contribution in [3.05, 3.63) is 70.0 Å². The van der Waals surface area contributed by atoms with Crippen molar-refractivity contribution in [2.24, 2.45) is 0 Å². The molecule has 0 aliphatic carbocycles. The summed E-state index contributed by atoms with van der Waals surface area (Å²) in [5.74, 6) is -0.0526. The molecule has 1 aromatic heterocycles. The first kappa shape index (κ1) is 15.9. The molecule has 0 fully saturated rings. The van der Waals surface area contributed by atoms with E-state index in [1.165, 1.54) is 10.6 Å². The lowest BCUT2D eigenvalue weighted by atomic mass is 9.94. The molecule has 2 aromatic carbocycles. The molecule has 0 unspecified atom stereocenters. The second-order valence-electron chi connectivity index (χ2n) is 6.62. The van der Waals surface area contributed by atoms with Gasteiger partial charge in [0, 0.05) is 5.41 Å². The van der Waals surface area contributed by atoms with E-state index in [0.717, 1.165) is 0 Å². The zero-order valence-corrected chi connectivity index (χ0v) is 13.7. The predicted octanol–water partition coefficient (Wildman–Crippen LogP) is 3.69. The SMILES string of the molecule is CC(C)(C)c1nc2cccc(F)c2c(=O)n1-c1ccc(C#N)cc1. The summed E-state index contributed by atoms with van der Waals surface area (Å²) in [5, 5.41) is 8.90. The van der Waals surface area contributed by atoms with Crippen molar-refractivity contribution < 1.29 is 4.39 Å². The van der Waals surface area contributed by atoms with Crippen LogP contribution in [-0.2, 0) is 5.41 Å². The highest BCUT2D eigenvalue weighted by molar-refractivity contribution is 5.78. The Balaban J connectivity index is 2.44. The second-order valence-corrected chi connectivity index (χ2v) is 6.62. The Morgan fingerprint density at radius 3 is 2.38 bits per heavy atom. The van der Waals surface area contributed by atoms with Gasteiger partial charge in [-0.2, -0.15) is 5.26 Å². The van der Waals surface area contributed by atoms with Crippen molar-refractivity contribution in [1.29, 1.82) is 5.26 Å². The summed E-state index contributed by atoms with van der Waals surface area (Å²) in [6.45, 7) is 5.83. The highest BCUT2D eigenvalue weighted by Crippen LogP contribution is 2.24. The molecule has 3 aromatic rings. The van der Waals surface area contributed by atoms with Crippen molar-refractivity contribution in [1.82, 2.24) is 9.55 Å². The van der Waals surface area contributed by atoms with Gasteiger partial charge in [-0.25, -0.2) is 9.37 Å². The van der Waals surface area contributed by atoms with Crippen LogP contribution in [0.1, 0.15) is 32.2 Å². The van der Waals surface area contributed by atoms with Crippen LogP contribution in [0.25, 0.3) is 16.6 Å². The molecular weight excluding hydrogens is 305 g/mol. The summed E-state index contributed by atoms with van der Waals surface area (Å²) >= 11 is 0. The normalized spacial score (nSPS) is 11.5. The van der Waals surface area contributed by atoms with E-state index < -0.39 is 16.8 Å². The van der Waals surface area contributed by atoms with Gasteiger partial charge >= 0.3 is 0 Å². The van der Waals surface area contributed by atoms with Crippen LogP contribution in [-0.4, -0.2) is 9.55 Å². The molecule has 1 heterocycles. The average Bonchev–Trinajstić information content (AvgIpc) is 2.54. The number of hydrogen-bond donors (Lipinski definition) is 0. The van der Waals surface area contributed by atoms with Crippen LogP contribution in [0.2, 0.25) is 0 Å². The molecule has 0 bridgehead atoms. The number of halogens is 1. The van der Waals surface area contributed by atoms with E-state index in [1.54, 1.807) is 36.4 Å². The maximum Gasteiger partial charge on any atom is 0.268 e. The summed E-state index contributed by atoms with van der Waals surface area (Å²) < 4.78 is 15.6. The van der Waals surface area contributed by atoms with Crippen LogP contribution in [0.3, 0.4) is 0 Å². The summed E-state index contributed by atoms with van der Waals surface area (Å²) in [6.07, 6.45) is 0. The van der Waals surface area contributed by atoms with Crippen LogP contribution in [0.4, 0.5) is 4.39 Å². The fourth-order valence-electron chi connectivity index (χ4n) is 2.62. The van der Waals surface area contributed by atoms with Crippen LogP contribution in [0.15, 0.2) is 47.3 Å². The van der Waals surface area contributed by atoms with E-state index in [9.17, 15) is 9.18 Å². The number of rotatable bonds is 1. The van der Waals surface area contributed by atoms with Crippen LogP contribution in [0, 0.1) is 17.1 Å². The molecule has 0 radical (unpaired) electrons. The van der Waals surface area contributed by atoms with Gasteiger partial charge < -0.3 is 0 Å². The third-order valence-corrected chi connectivity index (χ3v) is 3.77. The molecule has 120 valence electrons. The van der Waals surface area contributed by atoms with Crippen molar-refractivity contribution in [3.8, 4) is 11.8 Å². The van der Waals surface area contributed by atoms with E-state index in [-0.39, 0.29) is 5.39 Å². The van der Waals surface area contributed by atoms with E-state index in [2.05, 4.69) is 4.98 Å². The first-order valence-electron chi connectivity index (χ1n) is 7.55. The van der Waals surface area contributed by atoms with E-state index in [0.29, 0.717) is 22.6 Å². The van der Waals surface area contributed by atoms with Gasteiger partial charge in [0.25, 0.3) is 5.56 Å². The van der Waals surface area contributed by atoms with Gasteiger partial charge in [-0.3, -0.25) is 9.36 Å². The quantitative estimate of drug-likeness (QED) is 0.687. The lowest BCUT2D eigenvalue weighted by molar-refractivity contribution is 0.525. The third kappa shape index (κ3) is 2.56. The maximum absolute atomic E-state index is 14.2. The Morgan fingerprint density at radius 2 is 1.79 bits per heavy atom. The van der Waals surface area contributed by atoms with Gasteiger partial charge in [0.1, 0.15) is 17.0 Å². The molecule has 0 aliphatic heterocycles. The zero-order chi connectivity index (χ0) is 17.5. The minimum atomic E-state index is -0.590. The van der Waals surface area contributed by atoms with E-state index in [4.69, 9.17) is 5.26 Å². The lowest BCUT2D eigenvalue weighted by Gasteiger charge is -2.23. The number of nitrogens with zero attached hydrogens (tertiary/aromatic N) is 3. The number of fused-ring (bicyclic) bond motifs is 1. The van der Waals surface area contributed by atoms with Crippen molar-refractivity contribution in [3.63, 3.8) is 0 Å². The molecule has 24 heavy (non-hydrogen) atoms. The Morgan fingerprint density at radius 1 is 1.12 bits per heavy atom. The molecule has 0 amide bonds. The van der Waals surface area contributed by atoms with E-state index in [1.807, 2.05) is 26.8 Å². The van der Waals surface area contributed by atoms with Gasteiger partial charge in [-0.1, -0.05) is 26.8 Å². The largest absolute Gasteiger partial charge is 0.268 e. The first-order chi connectivity index (χ1) is 11.3. The zero-order valence-electron chi connectivity index (χ0n) is 13.7. The minimum Gasteiger partial charge on any atom is -0.268 e. The fraction of sp³-hybridized carbons (Fsp3) is 0.211. The van der Waals surface area contributed by atoms with Gasteiger partial charge in [-0.15, -0.1) is 0 Å². The van der Waals surface area contributed by atoms with Gasteiger partial charge in [0.2, 0.25) is 0 Å². The van der Waals surface area contributed by atoms with Gasteiger partial charge in [0.15, 0.2) is 0 Å². The van der Waals surface area contributed by atoms with Crippen molar-refractivity contribution >= 4 is 10.9 Å². The average molecular weight is 321 g/mol. The highest BCUT2D eigenvalue weighted by Gasteiger charge is 2.24. The Kier molecular flexibility index (Phi) is 3.69. The molecular formula is C19H16FN3O. The van der Waals surface area contributed by atoms with Crippen LogP contribution in [0.5, 0.6) is 0 Å². The molecule has 0 spiro atoms. The fourth-order valence-corrected chi connectivity index (χ4v) is 2.62. The highest BCUT2D eigenvalue weighted by atomic mass is 19.1. The van der Waals surface area contributed by atoms with Crippen LogP contribution < -0.4 is 5.56 Å². The predicted molar refractivity (Wildman–Crippen MR) is 90.7 cm³/mol. The molecule has 3 rings (SSSR count). The molecule has 4 nitrogen and oxygen atoms in total. The topological polar surface area (TPSA) is 58.7 Å². The summed E-state index contributed by atoms with van der Waals surface area (Å²) in [7, 11) is 0. The number of nitriles is 1. The molecule has 0 aliphatic rings. The van der Waals surface area contributed by atoms with Gasteiger partial charge in [-0.05, 0) is 36.4 Å². The number of benzene rings is 2. The Labute approximate surface area is 138 Å². The van der Waals surface area contributed by atoms with Gasteiger partial charge in [0.05, 0.1) is 22.8 Å². The monoisotopic (exact) mass is 321 g/mol. The summed E-state index contributed by atoms with van der Waals surface area (Å²) in [5.41, 5.74) is 0.515. The molecule has 0 saturated carbocycles. The first-order valence-corrected chi connectivity index (χ1v) is 7.55. The van der Waals surface area contributed by atoms with Crippen molar-refractivity contribution in [2.75, 3.05) is 0 Å². The second kappa shape index (κ2) is 5.57. The van der Waals surface area contributed by atoms with E-state index >= 15 is 0 Å². The number of aromatic nitrogens is 2. The van der Waals surface area contributed by atoms with Crippen LogP contribution >= 0.6 is 0 Å². The van der Waals surface area contributed by atoms with Crippen molar-refractivity contribution in [2.45, 2.75) is 26.2 Å². The standard InChI is InChI=1S/C19H16FN3O/c1-19(2,3)18-22-15-6-4-5-14(20)16(15)17(24)23(18)13-9-7-12(11-21)8-10-13/h4-10H,1-3H3. The summed E-state index contributed by atoms with van der Waals surface area (Å²) in [4.78, 5) is 17.5. The lowest BCUT2D eigenvalue weighted by Crippen LogP contribution is -2.31. The Bertz CT molecular complexity index is 1020. The molecule has 5 heteroatoms. The Hall–Kier alpha value is -3.00. The molecule has 0 atom stereocenters. The molecule has 0 saturated heterocycles. The summed E-state index contributed by atoms with van der Waals surface area (Å²) in [6, 6.07) is 13.1. The third-order valence-electron chi connectivity index (χ3n) is 3.77. The molecule has 0 N–H and O–H groups in total. The minimum absolute atomic E-state index is 0.0325. The number of hydrogen-bond acceptors (Lipinski definition) is 3.